The van der Waals surface area contributed by atoms with E-state index in [1.165, 1.54) is 12.1 Å². The summed E-state index contributed by atoms with van der Waals surface area (Å²) in [5, 5.41) is 24.6. The maximum atomic E-state index is 11.0. The lowest BCUT2D eigenvalue weighted by Crippen LogP contribution is -2.28. The second-order valence-electron chi connectivity index (χ2n) is 5.81. The van der Waals surface area contributed by atoms with Crippen molar-refractivity contribution in [1.82, 2.24) is 5.32 Å². The fourth-order valence-corrected chi connectivity index (χ4v) is 3.15. The summed E-state index contributed by atoms with van der Waals surface area (Å²) in [6, 6.07) is 12.3. The summed E-state index contributed by atoms with van der Waals surface area (Å²) in [5.41, 5.74) is 2.95. The third-order valence-corrected chi connectivity index (χ3v) is 4.27. The highest BCUT2D eigenvalue weighted by atomic mass is 16.6. The van der Waals surface area contributed by atoms with Crippen molar-refractivity contribution in [3.05, 3.63) is 69.3 Å². The summed E-state index contributed by atoms with van der Waals surface area (Å²) < 4.78 is 5.56. The number of hydrogen-bond donors (Lipinski definition) is 2. The van der Waals surface area contributed by atoms with Crippen LogP contribution in [0.15, 0.2) is 42.5 Å². The summed E-state index contributed by atoms with van der Waals surface area (Å²) in [6.45, 7) is 2.74. The van der Waals surface area contributed by atoms with Gasteiger partial charge in [-0.15, -0.1) is 0 Å². The van der Waals surface area contributed by atoms with Gasteiger partial charge in [0.2, 0.25) is 0 Å². The van der Waals surface area contributed by atoms with Crippen molar-refractivity contribution < 1.29 is 14.8 Å². The summed E-state index contributed by atoms with van der Waals surface area (Å²) in [5.74, 6) is 0.622. The number of fused-ring (bicyclic) bond motifs is 1. The highest BCUT2D eigenvalue weighted by Crippen LogP contribution is 2.32. The highest BCUT2D eigenvalue weighted by Gasteiger charge is 2.30. The Kier molecular flexibility index (Phi) is 4.78. The maximum Gasteiger partial charge on any atom is 0.270 e. The molecule has 1 aliphatic carbocycles. The molecule has 0 bridgehead atoms. The normalized spacial score (nSPS) is 19.1. The number of hydrogen-bond acceptors (Lipinski definition) is 5. The van der Waals surface area contributed by atoms with E-state index in [0.29, 0.717) is 30.9 Å². The molecule has 6 heteroatoms. The van der Waals surface area contributed by atoms with E-state index in [9.17, 15) is 15.2 Å². The van der Waals surface area contributed by atoms with E-state index < -0.39 is 11.0 Å². The Bertz CT molecular complexity index is 748. The molecule has 0 fully saturated rings. The molecule has 2 aromatic carbocycles. The molecule has 0 radical (unpaired) electrons. The number of nitrogens with one attached hydrogen (secondary N) is 1. The van der Waals surface area contributed by atoms with Crippen molar-refractivity contribution in [2.24, 2.45) is 0 Å². The van der Waals surface area contributed by atoms with Crippen LogP contribution in [-0.4, -0.2) is 22.7 Å². The highest BCUT2D eigenvalue weighted by molar-refractivity contribution is 5.44. The van der Waals surface area contributed by atoms with Crippen LogP contribution < -0.4 is 10.1 Å². The van der Waals surface area contributed by atoms with Gasteiger partial charge < -0.3 is 15.2 Å². The maximum absolute atomic E-state index is 11.0. The van der Waals surface area contributed by atoms with E-state index in [2.05, 4.69) is 5.32 Å². The first-order valence-electron chi connectivity index (χ1n) is 7.99. The molecule has 24 heavy (non-hydrogen) atoms. The fraction of sp³-hybridized carbons (Fsp3) is 0.333. The monoisotopic (exact) mass is 328 g/mol. The summed E-state index contributed by atoms with van der Waals surface area (Å²) in [4.78, 5) is 10.6. The van der Waals surface area contributed by atoms with Gasteiger partial charge in [-0.2, -0.15) is 0 Å². The second-order valence-corrected chi connectivity index (χ2v) is 5.81. The van der Waals surface area contributed by atoms with E-state index in [4.69, 9.17) is 4.74 Å². The largest absolute Gasteiger partial charge is 0.494 e. The van der Waals surface area contributed by atoms with Crippen LogP contribution in [0.2, 0.25) is 0 Å². The Morgan fingerprint density at radius 1 is 1.33 bits per heavy atom. The zero-order chi connectivity index (χ0) is 17.1. The molecule has 0 heterocycles. The Morgan fingerprint density at radius 2 is 2.12 bits per heavy atom. The molecular weight excluding hydrogens is 308 g/mol. The summed E-state index contributed by atoms with van der Waals surface area (Å²) in [7, 11) is 0. The molecule has 2 aromatic rings. The van der Waals surface area contributed by atoms with E-state index in [1.54, 1.807) is 6.07 Å². The van der Waals surface area contributed by atoms with Gasteiger partial charge >= 0.3 is 0 Å². The third kappa shape index (κ3) is 3.25. The molecule has 6 nitrogen and oxygen atoms in total. The molecule has 0 saturated heterocycles. The minimum absolute atomic E-state index is 0.0302. The fourth-order valence-electron chi connectivity index (χ4n) is 3.15. The molecule has 0 aliphatic heterocycles. The number of nitro benzene ring substituents is 1. The molecule has 0 aromatic heterocycles. The van der Waals surface area contributed by atoms with E-state index in [1.807, 2.05) is 31.2 Å². The van der Waals surface area contributed by atoms with Crippen LogP contribution >= 0.6 is 0 Å². The van der Waals surface area contributed by atoms with Crippen LogP contribution in [0.3, 0.4) is 0 Å². The van der Waals surface area contributed by atoms with Crippen molar-refractivity contribution >= 4 is 5.69 Å². The molecule has 3 rings (SSSR count). The van der Waals surface area contributed by atoms with Crippen LogP contribution in [0.4, 0.5) is 5.69 Å². The number of benzene rings is 2. The quantitative estimate of drug-likeness (QED) is 0.629. The van der Waals surface area contributed by atoms with Crippen molar-refractivity contribution in [2.45, 2.75) is 32.0 Å². The number of non-ortho nitro benzene ring substituents is 1. The van der Waals surface area contributed by atoms with Gasteiger partial charge in [0.15, 0.2) is 0 Å². The zero-order valence-electron chi connectivity index (χ0n) is 13.4. The predicted octanol–water partition coefficient (Wildman–Crippen LogP) is 2.74. The summed E-state index contributed by atoms with van der Waals surface area (Å²) >= 11 is 0. The number of nitrogens with zero attached hydrogens (tertiary/aromatic N) is 1. The van der Waals surface area contributed by atoms with Crippen LogP contribution in [0.5, 0.6) is 5.75 Å². The smallest absolute Gasteiger partial charge is 0.270 e. The van der Waals surface area contributed by atoms with Gasteiger partial charge in [0.05, 0.1) is 23.7 Å². The van der Waals surface area contributed by atoms with Crippen molar-refractivity contribution in [1.29, 1.82) is 0 Å². The van der Waals surface area contributed by atoms with Crippen molar-refractivity contribution in [3.8, 4) is 5.75 Å². The Balaban J connectivity index is 1.81. The third-order valence-electron chi connectivity index (χ3n) is 4.27. The number of aliphatic hydroxyl groups is 1. The lowest BCUT2D eigenvalue weighted by molar-refractivity contribution is -0.384. The zero-order valence-corrected chi connectivity index (χ0v) is 13.4. The molecule has 0 amide bonds. The van der Waals surface area contributed by atoms with Gasteiger partial charge in [-0.1, -0.05) is 24.3 Å². The molecule has 0 saturated carbocycles. The van der Waals surface area contributed by atoms with Gasteiger partial charge in [0.1, 0.15) is 5.75 Å². The molecule has 2 N–H and O–H groups in total. The molecular formula is C18H20N2O4. The van der Waals surface area contributed by atoms with Gasteiger partial charge in [-0.3, -0.25) is 10.1 Å². The molecule has 0 unspecified atom stereocenters. The molecule has 0 spiro atoms. The van der Waals surface area contributed by atoms with Crippen LogP contribution in [0.25, 0.3) is 0 Å². The topological polar surface area (TPSA) is 84.6 Å². The van der Waals surface area contributed by atoms with Gasteiger partial charge in [-0.05, 0) is 24.1 Å². The van der Waals surface area contributed by atoms with E-state index >= 15 is 0 Å². The Labute approximate surface area is 140 Å². The first-order valence-corrected chi connectivity index (χ1v) is 7.99. The number of rotatable bonds is 6. The molecule has 126 valence electrons. The van der Waals surface area contributed by atoms with Gasteiger partial charge in [0, 0.05) is 30.7 Å². The summed E-state index contributed by atoms with van der Waals surface area (Å²) in [6.07, 6.45) is 0.109. The van der Waals surface area contributed by atoms with Crippen LogP contribution in [0, 0.1) is 10.1 Å². The molecule has 2 atom stereocenters. The van der Waals surface area contributed by atoms with Crippen molar-refractivity contribution in [2.75, 3.05) is 6.61 Å². The minimum Gasteiger partial charge on any atom is -0.494 e. The Hall–Kier alpha value is -2.44. The van der Waals surface area contributed by atoms with Gasteiger partial charge in [-0.25, -0.2) is 0 Å². The predicted molar refractivity (Wildman–Crippen MR) is 90.0 cm³/mol. The lowest BCUT2D eigenvalue weighted by atomic mass is 10.1. The van der Waals surface area contributed by atoms with Crippen LogP contribution in [-0.2, 0) is 13.0 Å². The molecule has 1 aliphatic rings. The van der Waals surface area contributed by atoms with E-state index in [0.717, 1.165) is 11.1 Å². The number of ether oxygens (including phenoxy) is 1. The SMILES string of the molecule is CCOc1ccc([N+](=O)[O-])cc1CN[C@@H]1c2ccccc2C[C@@H]1O. The minimum atomic E-state index is -0.503. The first kappa shape index (κ1) is 16.4. The van der Waals surface area contributed by atoms with Crippen LogP contribution in [0.1, 0.15) is 29.7 Å². The standard InChI is InChI=1S/C18H20N2O4/c1-2-24-17-8-7-14(20(22)23)9-13(17)11-19-18-15-6-4-3-5-12(15)10-16(18)21/h3-9,16,18-19,21H,2,10-11H2,1H3/t16-,18+/m0/s1. The van der Waals surface area contributed by atoms with Gasteiger partial charge in [0.25, 0.3) is 5.69 Å². The van der Waals surface area contributed by atoms with Crippen molar-refractivity contribution in [3.63, 3.8) is 0 Å². The Morgan fingerprint density at radius 3 is 2.88 bits per heavy atom. The second kappa shape index (κ2) is 6.98. The van der Waals surface area contributed by atoms with E-state index in [-0.39, 0.29) is 11.7 Å². The number of nitro groups is 1. The first-order chi connectivity index (χ1) is 11.6. The number of aliphatic hydroxyl groups excluding tert-OH is 1. The average molecular weight is 328 g/mol. The average Bonchev–Trinajstić information content (AvgIpc) is 2.89. The lowest BCUT2D eigenvalue weighted by Gasteiger charge is -2.19.